The van der Waals surface area contributed by atoms with Gasteiger partial charge in [0.25, 0.3) is 0 Å². The Morgan fingerprint density at radius 3 is 3.00 bits per heavy atom. The second kappa shape index (κ2) is 5.03. The summed E-state index contributed by atoms with van der Waals surface area (Å²) >= 11 is 0. The lowest BCUT2D eigenvalue weighted by atomic mass is 9.71. The van der Waals surface area contributed by atoms with E-state index in [0.717, 1.165) is 32.5 Å². The zero-order chi connectivity index (χ0) is 11.6. The number of hydrogen-bond acceptors (Lipinski definition) is 3. The molecule has 2 aliphatic rings. The molecule has 0 bridgehead atoms. The van der Waals surface area contributed by atoms with E-state index in [4.69, 9.17) is 4.74 Å². The van der Waals surface area contributed by atoms with E-state index in [2.05, 4.69) is 11.8 Å². The lowest BCUT2D eigenvalue weighted by Crippen LogP contribution is -2.54. The van der Waals surface area contributed by atoms with Crippen LogP contribution in [0.2, 0.25) is 0 Å². The molecule has 3 unspecified atom stereocenters. The van der Waals surface area contributed by atoms with Crippen molar-refractivity contribution >= 4 is 0 Å². The number of methoxy groups -OCH3 is 1. The van der Waals surface area contributed by atoms with Gasteiger partial charge in [-0.2, -0.15) is 0 Å². The first kappa shape index (κ1) is 12.3. The molecule has 3 atom stereocenters. The second-order valence-electron chi connectivity index (χ2n) is 5.60. The zero-order valence-electron chi connectivity index (χ0n) is 10.6. The van der Waals surface area contributed by atoms with E-state index in [9.17, 15) is 5.11 Å². The van der Waals surface area contributed by atoms with Gasteiger partial charge in [-0.1, -0.05) is 12.8 Å². The maximum absolute atomic E-state index is 10.5. The molecule has 1 N–H and O–H groups in total. The van der Waals surface area contributed by atoms with Crippen molar-refractivity contribution < 1.29 is 9.84 Å². The summed E-state index contributed by atoms with van der Waals surface area (Å²) in [6.45, 7) is 5.20. The van der Waals surface area contributed by atoms with E-state index in [1.54, 1.807) is 7.11 Å². The Morgan fingerprint density at radius 1 is 1.44 bits per heavy atom. The van der Waals surface area contributed by atoms with Gasteiger partial charge in [0.1, 0.15) is 0 Å². The monoisotopic (exact) mass is 227 g/mol. The highest BCUT2D eigenvalue weighted by Gasteiger charge is 2.42. The highest BCUT2D eigenvalue weighted by molar-refractivity contribution is 4.95. The molecule has 2 rings (SSSR count). The third-order valence-electron chi connectivity index (χ3n) is 4.43. The summed E-state index contributed by atoms with van der Waals surface area (Å²) in [4.78, 5) is 2.46. The number of fused-ring (bicyclic) bond motifs is 1. The van der Waals surface area contributed by atoms with E-state index in [-0.39, 0.29) is 5.60 Å². The van der Waals surface area contributed by atoms with Crippen LogP contribution < -0.4 is 0 Å². The summed E-state index contributed by atoms with van der Waals surface area (Å²) in [5.41, 5.74) is -0.342. The maximum Gasteiger partial charge on any atom is 0.0700 e. The normalized spacial score (nSPS) is 38.1. The number of ether oxygens (including phenoxy) is 1. The molecule has 1 heterocycles. The lowest BCUT2D eigenvalue weighted by Gasteiger charge is -2.47. The highest BCUT2D eigenvalue weighted by atomic mass is 16.5. The van der Waals surface area contributed by atoms with Crippen molar-refractivity contribution in [2.75, 3.05) is 26.7 Å². The van der Waals surface area contributed by atoms with Crippen molar-refractivity contribution in [2.45, 2.75) is 50.7 Å². The SMILES string of the molecule is COC(C)CN1CCC2(O)CCCCC2C1. The molecule has 16 heavy (non-hydrogen) atoms. The minimum atomic E-state index is -0.342. The van der Waals surface area contributed by atoms with Crippen molar-refractivity contribution in [1.29, 1.82) is 0 Å². The standard InChI is InChI=1S/C13H25NO2/c1-11(16-2)9-14-8-7-13(15)6-4-3-5-12(13)10-14/h11-12,15H,3-10H2,1-2H3. The largest absolute Gasteiger partial charge is 0.390 e. The molecule has 2 fully saturated rings. The van der Waals surface area contributed by atoms with Crippen LogP contribution in [0, 0.1) is 5.92 Å². The van der Waals surface area contributed by atoms with Crippen molar-refractivity contribution in [3.8, 4) is 0 Å². The first-order valence-electron chi connectivity index (χ1n) is 6.61. The smallest absolute Gasteiger partial charge is 0.0700 e. The third kappa shape index (κ3) is 2.58. The fourth-order valence-electron chi connectivity index (χ4n) is 3.24. The number of hydrogen-bond donors (Lipinski definition) is 1. The predicted octanol–water partition coefficient (Wildman–Crippen LogP) is 1.65. The van der Waals surface area contributed by atoms with Crippen LogP contribution in [0.4, 0.5) is 0 Å². The molecule has 0 aromatic rings. The van der Waals surface area contributed by atoms with Crippen molar-refractivity contribution in [2.24, 2.45) is 5.92 Å². The van der Waals surface area contributed by atoms with Gasteiger partial charge >= 0.3 is 0 Å². The number of rotatable bonds is 3. The molecule has 0 spiro atoms. The predicted molar refractivity (Wildman–Crippen MR) is 64.4 cm³/mol. The van der Waals surface area contributed by atoms with Crippen molar-refractivity contribution in [3.63, 3.8) is 0 Å². The average Bonchev–Trinajstić information content (AvgIpc) is 2.29. The van der Waals surface area contributed by atoms with Crippen LogP contribution in [-0.2, 0) is 4.74 Å². The Balaban J connectivity index is 1.89. The van der Waals surface area contributed by atoms with Gasteiger partial charge in [0.15, 0.2) is 0 Å². The van der Waals surface area contributed by atoms with Crippen LogP contribution in [0.1, 0.15) is 39.0 Å². The van der Waals surface area contributed by atoms with Gasteiger partial charge in [-0.25, -0.2) is 0 Å². The summed E-state index contributed by atoms with van der Waals surface area (Å²) in [7, 11) is 1.77. The van der Waals surface area contributed by atoms with Crippen LogP contribution in [0.15, 0.2) is 0 Å². The Morgan fingerprint density at radius 2 is 2.25 bits per heavy atom. The molecule has 1 saturated carbocycles. The van der Waals surface area contributed by atoms with Crippen LogP contribution in [0.3, 0.4) is 0 Å². The Bertz CT molecular complexity index is 234. The number of likely N-dealkylation sites (tertiary alicyclic amines) is 1. The van der Waals surface area contributed by atoms with Gasteiger partial charge in [0.05, 0.1) is 11.7 Å². The summed E-state index contributed by atoms with van der Waals surface area (Å²) in [6, 6.07) is 0. The summed E-state index contributed by atoms with van der Waals surface area (Å²) < 4.78 is 5.31. The van der Waals surface area contributed by atoms with Crippen LogP contribution in [0.5, 0.6) is 0 Å². The minimum Gasteiger partial charge on any atom is -0.390 e. The van der Waals surface area contributed by atoms with Gasteiger partial charge in [0.2, 0.25) is 0 Å². The molecule has 3 heteroatoms. The molecule has 0 aromatic carbocycles. The highest BCUT2D eigenvalue weighted by Crippen LogP contribution is 2.39. The third-order valence-corrected chi connectivity index (χ3v) is 4.43. The number of nitrogens with zero attached hydrogens (tertiary/aromatic N) is 1. The topological polar surface area (TPSA) is 32.7 Å². The number of piperidine rings is 1. The molecule has 1 saturated heterocycles. The average molecular weight is 227 g/mol. The van der Waals surface area contributed by atoms with E-state index in [0.29, 0.717) is 12.0 Å². The van der Waals surface area contributed by atoms with E-state index < -0.39 is 0 Å². The van der Waals surface area contributed by atoms with E-state index in [1.165, 1.54) is 19.3 Å². The molecule has 0 aromatic heterocycles. The molecular weight excluding hydrogens is 202 g/mol. The van der Waals surface area contributed by atoms with Crippen molar-refractivity contribution in [3.05, 3.63) is 0 Å². The molecule has 1 aliphatic heterocycles. The number of aliphatic hydroxyl groups is 1. The minimum absolute atomic E-state index is 0.301. The summed E-state index contributed by atoms with van der Waals surface area (Å²) in [5, 5.41) is 10.5. The van der Waals surface area contributed by atoms with Crippen molar-refractivity contribution in [1.82, 2.24) is 4.90 Å². The summed E-state index contributed by atoms with van der Waals surface area (Å²) in [6.07, 6.45) is 5.98. The van der Waals surface area contributed by atoms with Gasteiger partial charge in [-0.3, -0.25) is 0 Å². The molecule has 0 radical (unpaired) electrons. The molecule has 0 amide bonds. The van der Waals surface area contributed by atoms with Crippen LogP contribution in [-0.4, -0.2) is 48.5 Å². The molecule has 3 nitrogen and oxygen atoms in total. The second-order valence-corrected chi connectivity index (χ2v) is 5.60. The molecular formula is C13H25NO2. The first-order valence-corrected chi connectivity index (χ1v) is 6.61. The Kier molecular flexibility index (Phi) is 3.88. The first-order chi connectivity index (χ1) is 7.64. The Labute approximate surface area is 98.8 Å². The fourth-order valence-corrected chi connectivity index (χ4v) is 3.24. The van der Waals surface area contributed by atoms with Gasteiger partial charge in [-0.05, 0) is 26.2 Å². The summed E-state index contributed by atoms with van der Waals surface area (Å²) in [5.74, 6) is 0.499. The lowest BCUT2D eigenvalue weighted by molar-refractivity contribution is -0.100. The maximum atomic E-state index is 10.5. The van der Waals surface area contributed by atoms with E-state index >= 15 is 0 Å². The zero-order valence-corrected chi connectivity index (χ0v) is 10.6. The fraction of sp³-hybridized carbons (Fsp3) is 1.00. The van der Waals surface area contributed by atoms with E-state index in [1.807, 2.05) is 0 Å². The van der Waals surface area contributed by atoms with Crippen LogP contribution >= 0.6 is 0 Å². The van der Waals surface area contributed by atoms with Crippen LogP contribution in [0.25, 0.3) is 0 Å². The Hall–Kier alpha value is -0.120. The van der Waals surface area contributed by atoms with Gasteiger partial charge in [-0.15, -0.1) is 0 Å². The molecule has 1 aliphatic carbocycles. The molecule has 94 valence electrons. The quantitative estimate of drug-likeness (QED) is 0.795. The van der Waals surface area contributed by atoms with Gasteiger partial charge < -0.3 is 14.7 Å². The van der Waals surface area contributed by atoms with Gasteiger partial charge in [0, 0.05) is 32.7 Å².